The Labute approximate surface area is 140 Å². The quantitative estimate of drug-likeness (QED) is 0.656. The molecule has 9 heteroatoms. The van der Waals surface area contributed by atoms with E-state index in [4.69, 9.17) is 9.47 Å². The average Bonchev–Trinajstić information content (AvgIpc) is 2.81. The Kier molecular flexibility index (Phi) is 7.05. The zero-order chi connectivity index (χ0) is 16.1. The molecule has 1 heterocycles. The van der Waals surface area contributed by atoms with Crippen LogP contribution in [0.5, 0.6) is 11.5 Å². The minimum Gasteiger partial charge on any atom is -0.493 e. The maximum absolute atomic E-state index is 12.6. The molecule has 1 amide bonds. The molecule has 0 aromatic heterocycles. The van der Waals surface area contributed by atoms with Crippen LogP contribution in [0.25, 0.3) is 0 Å². The lowest BCUT2D eigenvalue weighted by molar-refractivity contribution is -0.385. The van der Waals surface area contributed by atoms with Crippen LogP contribution in [0.3, 0.4) is 0 Å². The second kappa shape index (κ2) is 8.54. The Morgan fingerprint density at radius 3 is 2.48 bits per heavy atom. The fraction of sp³-hybridized carbons (Fsp3) is 0.500. The maximum atomic E-state index is 12.6. The molecule has 0 radical (unpaired) electrons. The van der Waals surface area contributed by atoms with Gasteiger partial charge in [0.05, 0.1) is 25.2 Å². The molecule has 1 fully saturated rings. The van der Waals surface area contributed by atoms with E-state index in [9.17, 15) is 14.9 Å². The van der Waals surface area contributed by atoms with Crippen LogP contribution >= 0.6 is 12.4 Å². The van der Waals surface area contributed by atoms with E-state index in [-0.39, 0.29) is 35.3 Å². The molecule has 128 valence electrons. The lowest BCUT2D eigenvalue weighted by Crippen LogP contribution is -2.34. The van der Waals surface area contributed by atoms with Crippen molar-refractivity contribution in [3.63, 3.8) is 0 Å². The van der Waals surface area contributed by atoms with Crippen LogP contribution in [0.1, 0.15) is 16.8 Å². The number of nitrogens with zero attached hydrogens (tertiary/aromatic N) is 2. The molecule has 0 unspecified atom stereocenters. The van der Waals surface area contributed by atoms with Crippen LogP contribution in [-0.4, -0.2) is 56.1 Å². The summed E-state index contributed by atoms with van der Waals surface area (Å²) < 4.78 is 10.2. The van der Waals surface area contributed by atoms with E-state index in [0.717, 1.165) is 13.0 Å². The normalized spacial score (nSPS) is 14.4. The van der Waals surface area contributed by atoms with Crippen molar-refractivity contribution in [2.45, 2.75) is 6.42 Å². The number of methoxy groups -OCH3 is 2. The van der Waals surface area contributed by atoms with Gasteiger partial charge in [0, 0.05) is 25.7 Å². The highest BCUT2D eigenvalue weighted by molar-refractivity contribution is 5.99. The monoisotopic (exact) mass is 345 g/mol. The number of carbonyl (C=O) groups excluding carboxylic acids is 1. The van der Waals surface area contributed by atoms with Gasteiger partial charge in [-0.15, -0.1) is 12.4 Å². The number of nitro benzene ring substituents is 1. The third-order valence-electron chi connectivity index (χ3n) is 3.56. The summed E-state index contributed by atoms with van der Waals surface area (Å²) in [7, 11) is 2.82. The van der Waals surface area contributed by atoms with Gasteiger partial charge in [0.25, 0.3) is 11.6 Å². The van der Waals surface area contributed by atoms with Gasteiger partial charge >= 0.3 is 0 Å². The molecular weight excluding hydrogens is 326 g/mol. The predicted octanol–water partition coefficient (Wildman–Crippen LogP) is 1.47. The molecule has 0 spiro atoms. The molecule has 1 aromatic rings. The molecule has 1 aliphatic rings. The highest BCUT2D eigenvalue weighted by Gasteiger charge is 2.28. The number of nitro groups is 1. The third-order valence-corrected chi connectivity index (χ3v) is 3.56. The standard InChI is InChI=1S/C14H19N3O5.ClH/c1-21-12-8-10(11(17(19)20)9-13(12)22-2)14(18)16-6-3-4-15-5-7-16;/h8-9,15H,3-7H2,1-2H3;1H. The van der Waals surface area contributed by atoms with Gasteiger partial charge in [-0.05, 0) is 13.0 Å². The summed E-state index contributed by atoms with van der Waals surface area (Å²) in [6.45, 7) is 2.59. The fourth-order valence-electron chi connectivity index (χ4n) is 2.41. The third kappa shape index (κ3) is 4.23. The minimum atomic E-state index is -0.578. The Morgan fingerprint density at radius 1 is 1.22 bits per heavy atom. The van der Waals surface area contributed by atoms with E-state index in [0.29, 0.717) is 25.4 Å². The van der Waals surface area contributed by atoms with E-state index in [1.165, 1.54) is 26.4 Å². The van der Waals surface area contributed by atoms with Crippen LogP contribution in [-0.2, 0) is 0 Å². The van der Waals surface area contributed by atoms with Gasteiger partial charge in [-0.3, -0.25) is 14.9 Å². The number of hydrogen-bond donors (Lipinski definition) is 1. The molecule has 0 atom stereocenters. The van der Waals surface area contributed by atoms with Crippen LogP contribution in [0.2, 0.25) is 0 Å². The molecule has 1 saturated heterocycles. The highest BCUT2D eigenvalue weighted by atomic mass is 35.5. The Hall–Kier alpha value is -2.06. The largest absolute Gasteiger partial charge is 0.493 e. The summed E-state index contributed by atoms with van der Waals surface area (Å²) >= 11 is 0. The fourth-order valence-corrected chi connectivity index (χ4v) is 2.41. The van der Waals surface area contributed by atoms with E-state index in [1.54, 1.807) is 4.90 Å². The van der Waals surface area contributed by atoms with Crippen molar-refractivity contribution in [3.8, 4) is 11.5 Å². The first-order valence-corrected chi connectivity index (χ1v) is 6.99. The smallest absolute Gasteiger partial charge is 0.286 e. The number of rotatable bonds is 4. The summed E-state index contributed by atoms with van der Waals surface area (Å²) in [5.41, 5.74) is -0.260. The summed E-state index contributed by atoms with van der Waals surface area (Å²) in [4.78, 5) is 25.0. The van der Waals surface area contributed by atoms with Crippen molar-refractivity contribution in [2.75, 3.05) is 40.4 Å². The molecule has 1 aromatic carbocycles. The summed E-state index contributed by atoms with van der Waals surface area (Å²) in [6, 6.07) is 2.60. The van der Waals surface area contributed by atoms with Gasteiger partial charge in [-0.1, -0.05) is 0 Å². The van der Waals surface area contributed by atoms with E-state index < -0.39 is 4.92 Å². The molecule has 2 rings (SSSR count). The van der Waals surface area contributed by atoms with Crippen LogP contribution in [0.15, 0.2) is 12.1 Å². The highest BCUT2D eigenvalue weighted by Crippen LogP contribution is 2.35. The lowest BCUT2D eigenvalue weighted by Gasteiger charge is -2.20. The van der Waals surface area contributed by atoms with Crippen molar-refractivity contribution in [1.29, 1.82) is 0 Å². The van der Waals surface area contributed by atoms with Gasteiger partial charge in [-0.2, -0.15) is 0 Å². The van der Waals surface area contributed by atoms with Crippen molar-refractivity contribution >= 4 is 24.0 Å². The number of hydrogen-bond acceptors (Lipinski definition) is 6. The molecule has 23 heavy (non-hydrogen) atoms. The molecule has 0 saturated carbocycles. The van der Waals surface area contributed by atoms with Crippen LogP contribution in [0, 0.1) is 10.1 Å². The SMILES string of the molecule is COc1cc(C(=O)N2CCCNCC2)c([N+](=O)[O-])cc1OC.Cl. The second-order valence-corrected chi connectivity index (χ2v) is 4.88. The molecule has 1 N–H and O–H groups in total. The average molecular weight is 346 g/mol. The van der Waals surface area contributed by atoms with Crippen LogP contribution < -0.4 is 14.8 Å². The maximum Gasteiger partial charge on any atom is 0.286 e. The second-order valence-electron chi connectivity index (χ2n) is 4.88. The predicted molar refractivity (Wildman–Crippen MR) is 86.8 cm³/mol. The summed E-state index contributed by atoms with van der Waals surface area (Å²) in [5.74, 6) is 0.157. The molecule has 0 aliphatic carbocycles. The summed E-state index contributed by atoms with van der Waals surface area (Å²) in [5, 5.41) is 14.5. The molecule has 0 bridgehead atoms. The Balaban J connectivity index is 0.00000264. The number of ether oxygens (including phenoxy) is 2. The molecular formula is C14H20ClN3O5. The first kappa shape index (κ1) is 19.0. The van der Waals surface area contributed by atoms with Crippen molar-refractivity contribution in [1.82, 2.24) is 10.2 Å². The van der Waals surface area contributed by atoms with Crippen molar-refractivity contribution < 1.29 is 19.2 Å². The zero-order valence-corrected chi connectivity index (χ0v) is 13.9. The van der Waals surface area contributed by atoms with E-state index >= 15 is 0 Å². The summed E-state index contributed by atoms with van der Waals surface area (Å²) in [6.07, 6.45) is 0.812. The van der Waals surface area contributed by atoms with Crippen molar-refractivity contribution in [2.24, 2.45) is 0 Å². The van der Waals surface area contributed by atoms with Gasteiger partial charge in [0.2, 0.25) is 0 Å². The van der Waals surface area contributed by atoms with E-state index in [1.807, 2.05) is 0 Å². The number of halogens is 1. The van der Waals surface area contributed by atoms with Crippen LogP contribution in [0.4, 0.5) is 5.69 Å². The molecule has 1 aliphatic heterocycles. The topological polar surface area (TPSA) is 93.9 Å². The number of amides is 1. The Morgan fingerprint density at radius 2 is 1.87 bits per heavy atom. The number of nitrogens with one attached hydrogen (secondary N) is 1. The van der Waals surface area contributed by atoms with Gasteiger partial charge in [-0.25, -0.2) is 0 Å². The number of carbonyl (C=O) groups is 1. The minimum absolute atomic E-state index is 0. The Bertz CT molecular complexity index is 574. The van der Waals surface area contributed by atoms with Crippen molar-refractivity contribution in [3.05, 3.63) is 27.8 Å². The first-order valence-electron chi connectivity index (χ1n) is 6.99. The molecule has 8 nitrogen and oxygen atoms in total. The first-order chi connectivity index (χ1) is 10.6. The van der Waals surface area contributed by atoms with E-state index in [2.05, 4.69) is 5.32 Å². The zero-order valence-electron chi connectivity index (χ0n) is 13.0. The van der Waals surface area contributed by atoms with Gasteiger partial charge in [0.15, 0.2) is 11.5 Å². The van der Waals surface area contributed by atoms with Gasteiger partial charge < -0.3 is 19.7 Å². The lowest BCUT2D eigenvalue weighted by atomic mass is 10.1. The number of benzene rings is 1. The van der Waals surface area contributed by atoms with Gasteiger partial charge in [0.1, 0.15) is 5.56 Å².